The van der Waals surface area contributed by atoms with Crippen molar-refractivity contribution in [1.82, 2.24) is 0 Å². The van der Waals surface area contributed by atoms with Crippen molar-refractivity contribution in [2.75, 3.05) is 16.8 Å². The van der Waals surface area contributed by atoms with Gasteiger partial charge in [-0.25, -0.2) is 4.79 Å². The quantitative estimate of drug-likeness (QED) is 0.226. The zero-order valence-corrected chi connectivity index (χ0v) is 22.3. The molecule has 1 atom stereocenters. The van der Waals surface area contributed by atoms with E-state index >= 15 is 0 Å². The highest BCUT2D eigenvalue weighted by molar-refractivity contribution is 8.05. The van der Waals surface area contributed by atoms with Gasteiger partial charge in [0, 0.05) is 16.4 Å². The number of ether oxygens (including phenoxy) is 1. The van der Waals surface area contributed by atoms with Crippen molar-refractivity contribution in [3.63, 3.8) is 0 Å². The van der Waals surface area contributed by atoms with Crippen molar-refractivity contribution in [2.45, 2.75) is 25.5 Å². The molecule has 0 aromatic heterocycles. The van der Waals surface area contributed by atoms with Gasteiger partial charge in [0.25, 0.3) is 5.91 Å². The molecule has 192 valence electrons. The van der Waals surface area contributed by atoms with E-state index in [0.29, 0.717) is 28.4 Å². The van der Waals surface area contributed by atoms with E-state index in [0.717, 1.165) is 11.1 Å². The summed E-state index contributed by atoms with van der Waals surface area (Å²) in [7, 11) is 0. The minimum absolute atomic E-state index is 0.177. The molecule has 1 aliphatic heterocycles. The van der Waals surface area contributed by atoms with E-state index in [1.165, 1.54) is 16.7 Å². The monoisotopic (exact) mass is 545 g/mol. The summed E-state index contributed by atoms with van der Waals surface area (Å²) in [5, 5.41) is 12.9. The van der Waals surface area contributed by atoms with Crippen LogP contribution in [0, 0.1) is 18.3 Å². The number of carbonyl (C=O) groups is 3. The van der Waals surface area contributed by atoms with Gasteiger partial charge in [0.2, 0.25) is 5.91 Å². The molecule has 0 saturated carbocycles. The number of nitrogens with zero attached hydrogens (tertiary/aromatic N) is 2. The van der Waals surface area contributed by atoms with Gasteiger partial charge in [-0.2, -0.15) is 5.26 Å². The fraction of sp³-hybridized carbons (Fsp3) is 0.172. The first kappa shape index (κ1) is 27.0. The number of nitrogens with one attached hydrogen (secondary N) is 1. The molecule has 2 amide bonds. The first-order valence-corrected chi connectivity index (χ1v) is 13.1. The number of benzene rings is 3. The Morgan fingerprint density at radius 3 is 2.45 bits per heavy atom. The number of hydrogen-bond donors (Lipinski definition) is 1. The van der Waals surface area contributed by atoms with Crippen LogP contribution in [0.5, 0.6) is 0 Å². The molecule has 4 rings (SSSR count). The predicted molar refractivity (Wildman–Crippen MR) is 149 cm³/mol. The minimum Gasteiger partial charge on any atom is -0.462 e. The van der Waals surface area contributed by atoms with Crippen molar-refractivity contribution in [3.8, 4) is 6.07 Å². The molecule has 1 fully saturated rings. The third kappa shape index (κ3) is 5.91. The fourth-order valence-electron chi connectivity index (χ4n) is 3.87. The van der Waals surface area contributed by atoms with E-state index < -0.39 is 17.1 Å². The lowest BCUT2D eigenvalue weighted by atomic mass is 10.1. The Kier molecular flexibility index (Phi) is 8.52. The van der Waals surface area contributed by atoms with Crippen LogP contribution >= 0.6 is 23.4 Å². The molecule has 1 heterocycles. The lowest BCUT2D eigenvalue weighted by Gasteiger charge is -2.18. The van der Waals surface area contributed by atoms with Gasteiger partial charge in [-0.05, 0) is 67.8 Å². The summed E-state index contributed by atoms with van der Waals surface area (Å²) < 4.78 is 5.03. The zero-order valence-electron chi connectivity index (χ0n) is 20.7. The summed E-state index contributed by atoms with van der Waals surface area (Å²) in [5.41, 5.74) is 2.93. The predicted octanol–water partition coefficient (Wildman–Crippen LogP) is 5.89. The highest BCUT2D eigenvalue weighted by atomic mass is 35.5. The van der Waals surface area contributed by atoms with E-state index in [4.69, 9.17) is 16.3 Å². The van der Waals surface area contributed by atoms with E-state index in [1.54, 1.807) is 73.7 Å². The maximum absolute atomic E-state index is 13.6. The van der Waals surface area contributed by atoms with Gasteiger partial charge in [-0.3, -0.25) is 14.5 Å². The van der Waals surface area contributed by atoms with Crippen molar-refractivity contribution < 1.29 is 19.1 Å². The van der Waals surface area contributed by atoms with Crippen LogP contribution in [0.25, 0.3) is 0 Å². The number of thioether (sulfide) groups is 1. The number of hydrogen-bond acceptors (Lipinski definition) is 6. The summed E-state index contributed by atoms with van der Waals surface area (Å²) in [5.74, 6) is -1.29. The lowest BCUT2D eigenvalue weighted by molar-refractivity contribution is -0.117. The highest BCUT2D eigenvalue weighted by Crippen LogP contribution is 2.42. The molecule has 1 saturated heterocycles. The average molecular weight is 546 g/mol. The standard InChI is InChI=1S/C29H24ClN3O4S/c1-3-37-29(36)20-12-10-19(11-13-20)15-25-27(35)33(22-7-5-4-6-8-22)28(38-25)23(17-31)26(34)32-21-14-9-18(2)24(30)16-21/h4-14,16,25H,3,15H2,1-2H3,(H,32,34)/b28-23-/t25-/m0/s1. The van der Waals surface area contributed by atoms with E-state index in [9.17, 15) is 19.6 Å². The van der Waals surface area contributed by atoms with Gasteiger partial charge in [-0.1, -0.05) is 59.8 Å². The van der Waals surface area contributed by atoms with Crippen molar-refractivity contribution in [1.29, 1.82) is 5.26 Å². The van der Waals surface area contributed by atoms with Crippen molar-refractivity contribution >= 4 is 52.5 Å². The molecule has 0 radical (unpaired) electrons. The Bertz CT molecular complexity index is 1450. The Labute approximate surface area is 230 Å². The number of para-hydroxylation sites is 1. The Hall–Kier alpha value is -4.06. The van der Waals surface area contributed by atoms with Gasteiger partial charge in [-0.15, -0.1) is 0 Å². The second-order valence-corrected chi connectivity index (χ2v) is 10.0. The van der Waals surface area contributed by atoms with Crippen LogP contribution < -0.4 is 10.2 Å². The Morgan fingerprint density at radius 1 is 1.11 bits per heavy atom. The SMILES string of the molecule is CCOC(=O)c1ccc(C[C@@H]2S/C(=C(/C#N)C(=O)Nc3ccc(C)c(Cl)c3)N(c3ccccc3)C2=O)cc1. The number of nitriles is 1. The number of aryl methyl sites for hydroxylation is 1. The Morgan fingerprint density at radius 2 is 1.82 bits per heavy atom. The van der Waals surface area contributed by atoms with Crippen molar-refractivity contribution in [3.05, 3.63) is 105 Å². The van der Waals surface area contributed by atoms with Crippen LogP contribution in [0.3, 0.4) is 0 Å². The number of amides is 2. The smallest absolute Gasteiger partial charge is 0.338 e. The average Bonchev–Trinajstić information content (AvgIpc) is 3.22. The zero-order chi connectivity index (χ0) is 27.2. The van der Waals surface area contributed by atoms with Gasteiger partial charge in [0.1, 0.15) is 16.7 Å². The molecule has 0 spiro atoms. The third-order valence-corrected chi connectivity index (χ3v) is 7.51. The van der Waals surface area contributed by atoms with E-state index in [2.05, 4.69) is 5.32 Å². The number of carbonyl (C=O) groups excluding carboxylic acids is 3. The maximum Gasteiger partial charge on any atom is 0.338 e. The lowest BCUT2D eigenvalue weighted by Crippen LogP contribution is -2.30. The van der Waals surface area contributed by atoms with E-state index in [-0.39, 0.29) is 23.1 Å². The van der Waals surface area contributed by atoms with Crippen LogP contribution in [0.2, 0.25) is 5.02 Å². The summed E-state index contributed by atoms with van der Waals surface area (Å²) in [4.78, 5) is 40.2. The van der Waals surface area contributed by atoms with Crippen LogP contribution in [0.15, 0.2) is 83.4 Å². The summed E-state index contributed by atoms with van der Waals surface area (Å²) in [6, 6.07) is 22.8. The van der Waals surface area contributed by atoms with Crippen LogP contribution in [0.1, 0.15) is 28.4 Å². The first-order valence-electron chi connectivity index (χ1n) is 11.9. The van der Waals surface area contributed by atoms with Gasteiger partial charge in [0.05, 0.1) is 17.4 Å². The fourth-order valence-corrected chi connectivity index (χ4v) is 5.36. The molecule has 7 nitrogen and oxygen atoms in total. The normalized spacial score (nSPS) is 16.1. The second-order valence-electron chi connectivity index (χ2n) is 8.45. The summed E-state index contributed by atoms with van der Waals surface area (Å²) >= 11 is 7.36. The van der Waals surface area contributed by atoms with Gasteiger partial charge < -0.3 is 10.1 Å². The largest absolute Gasteiger partial charge is 0.462 e. The number of esters is 1. The van der Waals surface area contributed by atoms with Crippen molar-refractivity contribution in [2.24, 2.45) is 0 Å². The first-order chi connectivity index (χ1) is 18.3. The molecule has 9 heteroatoms. The van der Waals surface area contributed by atoms with Crippen LogP contribution in [0.4, 0.5) is 11.4 Å². The molecule has 0 bridgehead atoms. The van der Waals surface area contributed by atoms with Gasteiger partial charge >= 0.3 is 5.97 Å². The topological polar surface area (TPSA) is 99.5 Å². The number of anilines is 2. The van der Waals surface area contributed by atoms with Crippen LogP contribution in [-0.4, -0.2) is 29.6 Å². The third-order valence-electron chi connectivity index (χ3n) is 5.84. The molecule has 3 aromatic rings. The molecular formula is C29H24ClN3O4S. The van der Waals surface area contributed by atoms with Gasteiger partial charge in [0.15, 0.2) is 0 Å². The molecule has 38 heavy (non-hydrogen) atoms. The second kappa shape index (κ2) is 12.0. The maximum atomic E-state index is 13.6. The number of halogens is 1. The minimum atomic E-state index is -0.636. The van der Waals surface area contributed by atoms with Crippen LogP contribution in [-0.2, 0) is 20.7 Å². The number of rotatable bonds is 7. The molecule has 0 unspecified atom stereocenters. The summed E-state index contributed by atoms with van der Waals surface area (Å²) in [6.07, 6.45) is 0.341. The Balaban J connectivity index is 1.65. The molecule has 1 N–H and O–H groups in total. The molecule has 0 aliphatic carbocycles. The molecular weight excluding hydrogens is 522 g/mol. The molecule has 3 aromatic carbocycles. The summed E-state index contributed by atoms with van der Waals surface area (Å²) in [6.45, 7) is 3.87. The molecule has 1 aliphatic rings. The van der Waals surface area contributed by atoms with E-state index in [1.807, 2.05) is 19.1 Å². The highest BCUT2D eigenvalue weighted by Gasteiger charge is 2.40.